The molecule has 0 aromatic carbocycles. The molecule has 2 heterocycles. The van der Waals surface area contributed by atoms with Crippen LogP contribution in [-0.4, -0.2) is 31.8 Å². The molecule has 1 saturated carbocycles. The second kappa shape index (κ2) is 4.66. The van der Waals surface area contributed by atoms with Crippen molar-refractivity contribution >= 4 is 24.4 Å². The molecule has 0 N–H and O–H groups in total. The molecule has 2 saturated heterocycles. The molecule has 0 aromatic heterocycles. The number of nitrogens with zero attached hydrogens (tertiary/aromatic N) is 1. The van der Waals surface area contributed by atoms with E-state index >= 15 is 0 Å². The standard InChI is InChI=1S/C10H17I2NS2/c1-13-7-4-2-3-5-10(7,15-9(13)14)8-11-6-12-8/h7-9,14H,2-6H2,1H3/q-2. The SMILES string of the molecule is CN1C(S)SC2(C3[I-]C[I-]3)CCCCC12. The van der Waals surface area contributed by atoms with Crippen LogP contribution >= 0.6 is 24.4 Å². The van der Waals surface area contributed by atoms with Crippen molar-refractivity contribution in [2.75, 3.05) is 9.48 Å². The van der Waals surface area contributed by atoms with Crippen LogP contribution in [-0.2, 0) is 0 Å². The summed E-state index contributed by atoms with van der Waals surface area (Å²) in [5.41, 5.74) is 0. The Kier molecular flexibility index (Phi) is 3.78. The maximum atomic E-state index is 4.77. The predicted octanol–water partition coefficient (Wildman–Crippen LogP) is -3.96. The third-order valence-electron chi connectivity index (χ3n) is 3.78. The molecule has 3 rings (SSSR count). The molecule has 5 heteroatoms. The molecule has 0 spiro atoms. The maximum absolute atomic E-state index is 4.77. The van der Waals surface area contributed by atoms with Gasteiger partial charge in [0.25, 0.3) is 0 Å². The Balaban J connectivity index is 1.88. The Morgan fingerprint density at radius 3 is 2.87 bits per heavy atom. The van der Waals surface area contributed by atoms with Gasteiger partial charge in [-0.15, -0.1) is 0 Å². The summed E-state index contributed by atoms with van der Waals surface area (Å²) >= 11 is 8.17. The van der Waals surface area contributed by atoms with E-state index in [0.717, 1.165) is 6.04 Å². The van der Waals surface area contributed by atoms with Gasteiger partial charge < -0.3 is 0 Å². The van der Waals surface area contributed by atoms with Crippen molar-refractivity contribution in [2.45, 2.75) is 43.1 Å². The molecule has 3 atom stereocenters. The average Bonchev–Trinajstić information content (AvgIpc) is 2.37. The fourth-order valence-electron chi connectivity index (χ4n) is 2.95. The zero-order valence-corrected chi connectivity index (χ0v) is 14.9. The first-order valence-electron chi connectivity index (χ1n) is 5.47. The summed E-state index contributed by atoms with van der Waals surface area (Å²) in [6, 6.07) is 0.878. The predicted molar refractivity (Wildman–Crippen MR) is 61.8 cm³/mol. The van der Waals surface area contributed by atoms with Crippen LogP contribution in [0.4, 0.5) is 0 Å². The van der Waals surface area contributed by atoms with Crippen molar-refractivity contribution < 1.29 is 42.4 Å². The van der Waals surface area contributed by atoms with Crippen LogP contribution in [0.15, 0.2) is 0 Å². The molecule has 0 aromatic rings. The Labute approximate surface area is 123 Å². The van der Waals surface area contributed by atoms with Crippen LogP contribution in [0.25, 0.3) is 0 Å². The third-order valence-corrected chi connectivity index (χ3v) is 20.4. The van der Waals surface area contributed by atoms with E-state index in [9.17, 15) is 0 Å². The fraction of sp³-hybridized carbons (Fsp3) is 1.00. The van der Waals surface area contributed by atoms with Crippen LogP contribution in [0.5, 0.6) is 0 Å². The molecule has 15 heavy (non-hydrogen) atoms. The molecule has 90 valence electrons. The van der Waals surface area contributed by atoms with Gasteiger partial charge in [0, 0.05) is 0 Å². The Hall–Kier alpha value is 2.12. The van der Waals surface area contributed by atoms with E-state index in [1.165, 1.54) is 27.6 Å². The molecule has 3 aliphatic rings. The van der Waals surface area contributed by atoms with E-state index in [4.69, 9.17) is 12.6 Å². The number of fused-ring (bicyclic) bond motifs is 1. The van der Waals surface area contributed by atoms with Gasteiger partial charge in [0.05, 0.1) is 0 Å². The quantitative estimate of drug-likeness (QED) is 0.238. The second-order valence-corrected chi connectivity index (χ2v) is 17.9. The van der Waals surface area contributed by atoms with E-state index in [1.54, 1.807) is 2.43 Å². The van der Waals surface area contributed by atoms with Gasteiger partial charge in [-0.25, -0.2) is 0 Å². The van der Waals surface area contributed by atoms with E-state index in [1.807, 2.05) is 0 Å². The number of thiol groups is 1. The molecular formula is C10H17I2NS2-2. The van der Waals surface area contributed by atoms with Gasteiger partial charge in [0.1, 0.15) is 0 Å². The van der Waals surface area contributed by atoms with Crippen LogP contribution in [0.1, 0.15) is 25.7 Å². The minimum absolute atomic E-state index is 0.488. The fourth-order valence-corrected chi connectivity index (χ4v) is 15.0. The van der Waals surface area contributed by atoms with Gasteiger partial charge in [-0.2, -0.15) is 0 Å². The Morgan fingerprint density at radius 2 is 2.20 bits per heavy atom. The first kappa shape index (κ1) is 12.2. The van der Waals surface area contributed by atoms with Gasteiger partial charge in [0.15, 0.2) is 0 Å². The van der Waals surface area contributed by atoms with Gasteiger partial charge in [0.2, 0.25) is 0 Å². The van der Waals surface area contributed by atoms with Crippen molar-refractivity contribution in [3.05, 3.63) is 0 Å². The minimum atomic E-state index is 0.488. The molecule has 0 bridgehead atoms. The monoisotopic (exact) mass is 469 g/mol. The molecule has 1 aliphatic carbocycles. The Bertz CT molecular complexity index is 262. The molecule has 3 unspecified atom stereocenters. The van der Waals surface area contributed by atoms with E-state index in [0.29, 0.717) is 51.9 Å². The van der Waals surface area contributed by atoms with Crippen LogP contribution in [0.2, 0.25) is 0 Å². The van der Waals surface area contributed by atoms with Crippen molar-refractivity contribution in [3.8, 4) is 0 Å². The number of hydrogen-bond acceptors (Lipinski definition) is 3. The van der Waals surface area contributed by atoms with Gasteiger partial charge in [-0.05, 0) is 0 Å². The number of alkyl halides is 4. The molecule has 0 amide bonds. The van der Waals surface area contributed by atoms with Crippen molar-refractivity contribution in [3.63, 3.8) is 0 Å². The number of thioether (sulfide) groups is 1. The van der Waals surface area contributed by atoms with E-state index in [-0.39, 0.29) is 0 Å². The van der Waals surface area contributed by atoms with Crippen LogP contribution in [0, 0.1) is 0 Å². The summed E-state index contributed by atoms with van der Waals surface area (Å²) < 4.78 is 4.10. The third kappa shape index (κ3) is 1.90. The average molecular weight is 469 g/mol. The zero-order valence-electron chi connectivity index (χ0n) is 8.83. The summed E-state index contributed by atoms with van der Waals surface area (Å²) in [6.45, 7) is 0. The number of hydrogen-bond donors (Lipinski definition) is 1. The molecule has 0 radical (unpaired) electrons. The van der Waals surface area contributed by atoms with E-state index in [2.05, 4.69) is 23.7 Å². The molecule has 3 fully saturated rings. The summed E-state index contributed by atoms with van der Waals surface area (Å²) in [6.07, 6.45) is 5.90. The summed E-state index contributed by atoms with van der Waals surface area (Å²) in [5, 5.41) is 0. The summed E-state index contributed by atoms with van der Waals surface area (Å²) in [5.74, 6) is 0. The molecule has 2 aliphatic heterocycles. The van der Waals surface area contributed by atoms with Gasteiger partial charge in [-0.1, -0.05) is 0 Å². The van der Waals surface area contributed by atoms with Crippen molar-refractivity contribution in [1.82, 2.24) is 4.90 Å². The number of rotatable bonds is 1. The first-order chi connectivity index (χ1) is 7.24. The van der Waals surface area contributed by atoms with Crippen molar-refractivity contribution in [2.24, 2.45) is 0 Å². The van der Waals surface area contributed by atoms with Crippen molar-refractivity contribution in [1.29, 1.82) is 0 Å². The Morgan fingerprint density at radius 1 is 1.40 bits per heavy atom. The first-order valence-corrected chi connectivity index (χ1v) is 12.4. The molecular weight excluding hydrogens is 452 g/mol. The second-order valence-electron chi connectivity index (χ2n) is 4.54. The number of halogens is 2. The van der Waals surface area contributed by atoms with E-state index < -0.39 is 0 Å². The topological polar surface area (TPSA) is 3.24 Å². The molecule has 1 nitrogen and oxygen atoms in total. The van der Waals surface area contributed by atoms with Gasteiger partial charge in [-0.3, -0.25) is 0 Å². The van der Waals surface area contributed by atoms with Crippen LogP contribution < -0.4 is 42.4 Å². The normalized spacial score (nSPS) is 48.7. The van der Waals surface area contributed by atoms with Crippen LogP contribution in [0.3, 0.4) is 0 Å². The summed E-state index contributed by atoms with van der Waals surface area (Å²) in [4.78, 5) is 2.57. The zero-order chi connectivity index (χ0) is 10.5. The summed E-state index contributed by atoms with van der Waals surface area (Å²) in [7, 11) is 2.30. The van der Waals surface area contributed by atoms with Gasteiger partial charge >= 0.3 is 124 Å².